The molecule has 10 heteroatoms. The molecule has 2 aromatic rings. The molecule has 176 valence electrons. The number of methoxy groups -OCH3 is 2. The lowest BCUT2D eigenvalue weighted by atomic mass is 9.97. The second-order valence-corrected chi connectivity index (χ2v) is 9.23. The Bertz CT molecular complexity index is 961. The molecule has 0 bridgehead atoms. The van der Waals surface area contributed by atoms with Gasteiger partial charge in [-0.1, -0.05) is 11.8 Å². The predicted octanol–water partition coefficient (Wildman–Crippen LogP) is 2.72. The number of hydrogen-bond acceptors (Lipinski definition) is 8. The molecular weight excluding hydrogens is 442 g/mol. The van der Waals surface area contributed by atoms with Gasteiger partial charge in [0, 0.05) is 43.0 Å². The average Bonchev–Trinajstić information content (AvgIpc) is 3.67. The van der Waals surface area contributed by atoms with E-state index in [0.717, 1.165) is 38.0 Å². The lowest BCUT2D eigenvalue weighted by Crippen LogP contribution is -2.44. The number of carbonyl (C=O) groups excluding carboxylic acids is 2. The van der Waals surface area contributed by atoms with Gasteiger partial charge in [0.1, 0.15) is 16.5 Å². The molecule has 2 heterocycles. The average molecular weight is 472 g/mol. The number of aromatic nitrogens is 2. The van der Waals surface area contributed by atoms with Crippen LogP contribution in [0, 0.1) is 5.92 Å². The molecule has 1 aromatic carbocycles. The standard InChI is InChI=1S/C23H29N5O4S/c1-31-18-10-17(11-19(12-18)32-2)24-21(29)14-33-22-8-7-20(26-27-22)28-9-3-4-15(13-28)23(30)25-16-5-6-16/h7-8,10-12,15-16H,3-6,9,13-14H2,1-2H3,(H,24,29)(H,25,30)/t15-/m0/s1. The number of amides is 2. The third-order valence-electron chi connectivity index (χ3n) is 5.65. The van der Waals surface area contributed by atoms with Gasteiger partial charge in [0.25, 0.3) is 0 Å². The number of benzene rings is 1. The minimum atomic E-state index is -0.165. The summed E-state index contributed by atoms with van der Waals surface area (Å²) in [6.07, 6.45) is 4.05. The number of nitrogens with zero attached hydrogens (tertiary/aromatic N) is 3. The number of anilines is 2. The molecule has 0 spiro atoms. The highest BCUT2D eigenvalue weighted by Crippen LogP contribution is 2.27. The zero-order valence-electron chi connectivity index (χ0n) is 18.9. The first kappa shape index (κ1) is 23.2. The van der Waals surface area contributed by atoms with E-state index in [-0.39, 0.29) is 23.5 Å². The molecule has 2 amide bonds. The van der Waals surface area contributed by atoms with Crippen LogP contribution in [0.25, 0.3) is 0 Å². The van der Waals surface area contributed by atoms with Crippen molar-refractivity contribution in [2.24, 2.45) is 5.92 Å². The van der Waals surface area contributed by atoms with Crippen LogP contribution in [0.3, 0.4) is 0 Å². The maximum atomic E-state index is 12.4. The molecule has 4 rings (SSSR count). The predicted molar refractivity (Wildman–Crippen MR) is 127 cm³/mol. The summed E-state index contributed by atoms with van der Waals surface area (Å²) < 4.78 is 10.5. The normalized spacial score (nSPS) is 17.9. The van der Waals surface area contributed by atoms with Crippen LogP contribution in [-0.4, -0.2) is 61.1 Å². The summed E-state index contributed by atoms with van der Waals surface area (Å²) >= 11 is 1.31. The van der Waals surface area contributed by atoms with Gasteiger partial charge >= 0.3 is 0 Å². The van der Waals surface area contributed by atoms with E-state index in [4.69, 9.17) is 9.47 Å². The van der Waals surface area contributed by atoms with Gasteiger partial charge in [0.15, 0.2) is 5.82 Å². The minimum absolute atomic E-state index is 0.00543. The molecule has 1 saturated carbocycles. The first-order valence-electron chi connectivity index (χ1n) is 11.1. The Hall–Kier alpha value is -3.01. The number of hydrogen-bond donors (Lipinski definition) is 2. The van der Waals surface area contributed by atoms with Crippen LogP contribution in [0.4, 0.5) is 11.5 Å². The Kier molecular flexibility index (Phi) is 7.54. The third-order valence-corrected chi connectivity index (χ3v) is 6.57. The van der Waals surface area contributed by atoms with Crippen molar-refractivity contribution in [2.75, 3.05) is 43.3 Å². The van der Waals surface area contributed by atoms with Crippen molar-refractivity contribution < 1.29 is 19.1 Å². The zero-order valence-corrected chi connectivity index (χ0v) is 19.7. The molecule has 9 nitrogen and oxygen atoms in total. The van der Waals surface area contributed by atoms with Gasteiger partial charge in [-0.25, -0.2) is 0 Å². The Balaban J connectivity index is 1.28. The molecule has 2 N–H and O–H groups in total. The van der Waals surface area contributed by atoms with Gasteiger partial charge in [-0.2, -0.15) is 0 Å². The van der Waals surface area contributed by atoms with Gasteiger partial charge in [0.2, 0.25) is 11.8 Å². The van der Waals surface area contributed by atoms with E-state index >= 15 is 0 Å². The number of rotatable bonds is 9. The molecule has 1 atom stereocenters. The molecule has 2 aliphatic rings. The second kappa shape index (κ2) is 10.7. The molecule has 1 saturated heterocycles. The molecular formula is C23H29N5O4S. The molecule has 1 aliphatic heterocycles. The largest absolute Gasteiger partial charge is 0.497 e. The van der Waals surface area contributed by atoms with Gasteiger partial charge in [-0.15, -0.1) is 10.2 Å². The monoisotopic (exact) mass is 471 g/mol. The summed E-state index contributed by atoms with van der Waals surface area (Å²) in [6.45, 7) is 1.52. The number of nitrogens with one attached hydrogen (secondary N) is 2. The summed E-state index contributed by atoms with van der Waals surface area (Å²) in [7, 11) is 3.12. The van der Waals surface area contributed by atoms with Gasteiger partial charge in [-0.3, -0.25) is 9.59 Å². The number of thioether (sulfide) groups is 1. The maximum absolute atomic E-state index is 12.4. The smallest absolute Gasteiger partial charge is 0.234 e. The quantitative estimate of drug-likeness (QED) is 0.538. The van der Waals surface area contributed by atoms with Crippen LogP contribution in [0.2, 0.25) is 0 Å². The van der Waals surface area contributed by atoms with E-state index < -0.39 is 0 Å². The fourth-order valence-corrected chi connectivity index (χ4v) is 4.33. The highest BCUT2D eigenvalue weighted by atomic mass is 32.2. The highest BCUT2D eigenvalue weighted by molar-refractivity contribution is 7.99. The van der Waals surface area contributed by atoms with Gasteiger partial charge < -0.3 is 25.0 Å². The van der Waals surface area contributed by atoms with Crippen molar-refractivity contribution in [3.8, 4) is 11.5 Å². The van der Waals surface area contributed by atoms with Crippen molar-refractivity contribution in [2.45, 2.75) is 36.8 Å². The van der Waals surface area contributed by atoms with E-state index in [1.807, 2.05) is 12.1 Å². The molecule has 1 aliphatic carbocycles. The van der Waals surface area contributed by atoms with Crippen LogP contribution < -0.4 is 25.0 Å². The fraction of sp³-hybridized carbons (Fsp3) is 0.478. The Morgan fingerprint density at radius 3 is 2.48 bits per heavy atom. The van der Waals surface area contributed by atoms with Gasteiger partial charge in [-0.05, 0) is 37.8 Å². The summed E-state index contributed by atoms with van der Waals surface area (Å²) in [6, 6.07) is 9.36. The lowest BCUT2D eigenvalue weighted by Gasteiger charge is -2.32. The first-order valence-corrected chi connectivity index (χ1v) is 12.1. The van der Waals surface area contributed by atoms with E-state index in [1.165, 1.54) is 11.8 Å². The third kappa shape index (κ3) is 6.50. The van der Waals surface area contributed by atoms with Crippen LogP contribution in [0.1, 0.15) is 25.7 Å². The van der Waals surface area contributed by atoms with Crippen LogP contribution in [0.5, 0.6) is 11.5 Å². The molecule has 1 aromatic heterocycles. The SMILES string of the molecule is COc1cc(NC(=O)CSc2ccc(N3CCC[C@H](C(=O)NC4CC4)C3)nn2)cc(OC)c1. The topological polar surface area (TPSA) is 106 Å². The summed E-state index contributed by atoms with van der Waals surface area (Å²) in [4.78, 5) is 26.9. The maximum Gasteiger partial charge on any atom is 0.234 e. The Labute approximate surface area is 197 Å². The van der Waals surface area contributed by atoms with E-state index in [0.29, 0.717) is 34.8 Å². The number of piperidine rings is 1. The van der Waals surface area contributed by atoms with E-state index in [9.17, 15) is 9.59 Å². The highest BCUT2D eigenvalue weighted by Gasteiger charge is 2.31. The van der Waals surface area contributed by atoms with Crippen LogP contribution >= 0.6 is 11.8 Å². The Morgan fingerprint density at radius 1 is 1.09 bits per heavy atom. The summed E-state index contributed by atoms with van der Waals surface area (Å²) in [5, 5.41) is 15.2. The summed E-state index contributed by atoms with van der Waals surface area (Å²) in [5.41, 5.74) is 0.601. The van der Waals surface area contributed by atoms with Crippen LogP contribution in [-0.2, 0) is 9.59 Å². The molecule has 33 heavy (non-hydrogen) atoms. The van der Waals surface area contributed by atoms with Crippen molar-refractivity contribution in [3.05, 3.63) is 30.3 Å². The second-order valence-electron chi connectivity index (χ2n) is 8.24. The van der Waals surface area contributed by atoms with Gasteiger partial charge in [0.05, 0.1) is 25.9 Å². The molecule has 2 fully saturated rings. The minimum Gasteiger partial charge on any atom is -0.497 e. The van der Waals surface area contributed by atoms with Crippen LogP contribution in [0.15, 0.2) is 35.4 Å². The summed E-state index contributed by atoms with van der Waals surface area (Å²) in [5.74, 6) is 2.14. The molecule has 0 radical (unpaired) electrons. The Morgan fingerprint density at radius 2 is 1.85 bits per heavy atom. The first-order chi connectivity index (χ1) is 16.0. The van der Waals surface area contributed by atoms with Crippen molar-refractivity contribution in [1.82, 2.24) is 15.5 Å². The number of ether oxygens (including phenoxy) is 2. The van der Waals surface area contributed by atoms with Crippen molar-refractivity contribution in [1.29, 1.82) is 0 Å². The fourth-order valence-electron chi connectivity index (χ4n) is 3.72. The molecule has 0 unspecified atom stereocenters. The lowest BCUT2D eigenvalue weighted by molar-refractivity contribution is -0.125. The van der Waals surface area contributed by atoms with Crippen molar-refractivity contribution >= 4 is 35.1 Å². The van der Waals surface area contributed by atoms with E-state index in [2.05, 4.69) is 25.7 Å². The number of carbonyl (C=O) groups is 2. The van der Waals surface area contributed by atoms with E-state index in [1.54, 1.807) is 32.4 Å². The van der Waals surface area contributed by atoms with Crippen molar-refractivity contribution in [3.63, 3.8) is 0 Å². The zero-order chi connectivity index (χ0) is 23.2.